The second-order valence-electron chi connectivity index (χ2n) is 5.77. The van der Waals surface area contributed by atoms with Crippen molar-refractivity contribution in [3.8, 4) is 0 Å². The van der Waals surface area contributed by atoms with E-state index in [1.807, 2.05) is 6.92 Å². The van der Waals surface area contributed by atoms with Gasteiger partial charge >= 0.3 is 5.97 Å². The molecular formula is C16H18N2O4S. The molecule has 2 aromatic rings. The van der Waals surface area contributed by atoms with E-state index in [9.17, 15) is 18.3 Å². The lowest BCUT2D eigenvalue weighted by atomic mass is 10.1. The first-order chi connectivity index (χ1) is 10.8. The van der Waals surface area contributed by atoms with E-state index in [-0.39, 0.29) is 17.1 Å². The van der Waals surface area contributed by atoms with Crippen LogP contribution in [-0.2, 0) is 30.0 Å². The van der Waals surface area contributed by atoms with E-state index < -0.39 is 16.0 Å². The van der Waals surface area contributed by atoms with Crippen LogP contribution >= 0.6 is 0 Å². The molecule has 0 atom stereocenters. The summed E-state index contributed by atoms with van der Waals surface area (Å²) in [6.45, 7) is 2.45. The molecule has 7 heteroatoms. The van der Waals surface area contributed by atoms with Gasteiger partial charge in [-0.1, -0.05) is 17.7 Å². The van der Waals surface area contributed by atoms with Gasteiger partial charge in [-0.25, -0.2) is 13.2 Å². The maximum absolute atomic E-state index is 12.7. The number of benzene rings is 1. The maximum atomic E-state index is 12.7. The zero-order valence-electron chi connectivity index (χ0n) is 13.0. The van der Waals surface area contributed by atoms with Crippen molar-refractivity contribution in [1.82, 2.24) is 8.87 Å². The second-order valence-corrected chi connectivity index (χ2v) is 7.71. The lowest BCUT2D eigenvalue weighted by Crippen LogP contribution is -2.36. The largest absolute Gasteiger partial charge is 0.477 e. The van der Waals surface area contributed by atoms with Crippen molar-refractivity contribution in [3.63, 3.8) is 0 Å². The van der Waals surface area contributed by atoms with Gasteiger partial charge in [0, 0.05) is 32.3 Å². The first kappa shape index (κ1) is 15.8. The highest BCUT2D eigenvalue weighted by molar-refractivity contribution is 7.89. The number of aryl methyl sites for hydroxylation is 1. The van der Waals surface area contributed by atoms with Crippen molar-refractivity contribution in [3.05, 3.63) is 52.8 Å². The molecule has 1 aliphatic heterocycles. The lowest BCUT2D eigenvalue weighted by molar-refractivity contribution is 0.0686. The fourth-order valence-corrected chi connectivity index (χ4v) is 4.36. The first-order valence-corrected chi connectivity index (χ1v) is 8.72. The van der Waals surface area contributed by atoms with Gasteiger partial charge in [0.1, 0.15) is 5.69 Å². The molecule has 1 aromatic heterocycles. The van der Waals surface area contributed by atoms with Crippen LogP contribution in [0.5, 0.6) is 0 Å². The molecule has 6 nitrogen and oxygen atoms in total. The summed E-state index contributed by atoms with van der Waals surface area (Å²) in [5, 5.41) is 9.19. The molecule has 1 aliphatic rings. The molecule has 3 rings (SSSR count). The number of aromatic nitrogens is 1. The minimum Gasteiger partial charge on any atom is -0.477 e. The minimum absolute atomic E-state index is 0.185. The molecule has 0 spiro atoms. The zero-order valence-corrected chi connectivity index (χ0v) is 13.8. The molecule has 1 aromatic carbocycles. The summed E-state index contributed by atoms with van der Waals surface area (Å²) in [6, 6.07) is 8.32. The van der Waals surface area contributed by atoms with Crippen LogP contribution < -0.4 is 0 Å². The Morgan fingerprint density at radius 1 is 1.22 bits per heavy atom. The Bertz CT molecular complexity index is 866. The number of fused-ring (bicyclic) bond motifs is 1. The van der Waals surface area contributed by atoms with Crippen molar-refractivity contribution < 1.29 is 18.3 Å². The van der Waals surface area contributed by atoms with E-state index in [0.717, 1.165) is 16.8 Å². The van der Waals surface area contributed by atoms with Crippen molar-refractivity contribution in [2.24, 2.45) is 7.05 Å². The predicted octanol–water partition coefficient (Wildman–Crippen LogP) is 1.78. The normalized spacial score (nSPS) is 15.4. The van der Waals surface area contributed by atoms with E-state index in [2.05, 4.69) is 0 Å². The van der Waals surface area contributed by atoms with Crippen molar-refractivity contribution in [2.45, 2.75) is 24.8 Å². The Hall–Kier alpha value is -2.12. The van der Waals surface area contributed by atoms with Gasteiger partial charge in [-0.05, 0) is 30.7 Å². The molecule has 23 heavy (non-hydrogen) atoms. The van der Waals surface area contributed by atoms with Crippen LogP contribution in [0.15, 0.2) is 35.2 Å². The van der Waals surface area contributed by atoms with Crippen molar-refractivity contribution >= 4 is 16.0 Å². The van der Waals surface area contributed by atoms with Gasteiger partial charge in [0.2, 0.25) is 10.0 Å². The second kappa shape index (κ2) is 5.50. The summed E-state index contributed by atoms with van der Waals surface area (Å²) in [5.74, 6) is -1.00. The van der Waals surface area contributed by atoms with Crippen LogP contribution in [0.3, 0.4) is 0 Å². The molecule has 0 saturated heterocycles. The number of hydrogen-bond donors (Lipinski definition) is 1. The van der Waals surface area contributed by atoms with Crippen molar-refractivity contribution in [1.29, 1.82) is 0 Å². The van der Waals surface area contributed by atoms with Crippen LogP contribution in [0.2, 0.25) is 0 Å². The monoisotopic (exact) mass is 334 g/mol. The molecule has 0 unspecified atom stereocenters. The van der Waals surface area contributed by atoms with Gasteiger partial charge in [0.25, 0.3) is 0 Å². The standard InChI is InChI=1S/C16H18N2O4S/c1-11-3-5-13(6-4-11)23(21,22)18-8-7-14-12(10-18)9-15(16(19)20)17(14)2/h3-6,9H,7-8,10H2,1-2H3,(H,19,20). The fraction of sp³-hybridized carbons (Fsp3) is 0.312. The summed E-state index contributed by atoms with van der Waals surface area (Å²) in [4.78, 5) is 11.5. The Morgan fingerprint density at radius 3 is 2.48 bits per heavy atom. The SMILES string of the molecule is Cc1ccc(S(=O)(=O)N2CCc3c(cc(C(=O)O)n3C)C2)cc1. The highest BCUT2D eigenvalue weighted by Gasteiger charge is 2.31. The minimum atomic E-state index is -3.57. The van der Waals surface area contributed by atoms with E-state index in [1.54, 1.807) is 41.9 Å². The fourth-order valence-electron chi connectivity index (χ4n) is 2.94. The number of nitrogens with zero attached hydrogens (tertiary/aromatic N) is 2. The lowest BCUT2D eigenvalue weighted by Gasteiger charge is -2.27. The van der Waals surface area contributed by atoms with E-state index >= 15 is 0 Å². The molecule has 122 valence electrons. The third-order valence-corrected chi connectivity index (χ3v) is 6.13. The van der Waals surface area contributed by atoms with Crippen LogP contribution in [0.1, 0.15) is 27.3 Å². The molecule has 1 N–H and O–H groups in total. The Labute approximate surface area is 135 Å². The molecular weight excluding hydrogens is 316 g/mol. The topological polar surface area (TPSA) is 79.6 Å². The Balaban J connectivity index is 1.94. The van der Waals surface area contributed by atoms with Crippen LogP contribution in [0.4, 0.5) is 0 Å². The summed E-state index contributed by atoms with van der Waals surface area (Å²) in [7, 11) is -1.87. The molecule has 2 heterocycles. The van der Waals surface area contributed by atoms with E-state index in [1.165, 1.54) is 4.31 Å². The van der Waals surface area contributed by atoms with Gasteiger partial charge in [0.05, 0.1) is 4.90 Å². The Morgan fingerprint density at radius 2 is 1.87 bits per heavy atom. The van der Waals surface area contributed by atoms with Gasteiger partial charge in [-0.15, -0.1) is 0 Å². The highest BCUT2D eigenvalue weighted by atomic mass is 32.2. The highest BCUT2D eigenvalue weighted by Crippen LogP contribution is 2.27. The maximum Gasteiger partial charge on any atom is 0.352 e. The molecule has 0 aliphatic carbocycles. The number of sulfonamides is 1. The number of carboxylic acids is 1. The molecule has 0 fully saturated rings. The average Bonchev–Trinajstić information content (AvgIpc) is 2.84. The molecule has 0 amide bonds. The Kier molecular flexibility index (Phi) is 3.77. The van der Waals surface area contributed by atoms with Crippen LogP contribution in [0, 0.1) is 6.92 Å². The number of rotatable bonds is 3. The number of hydrogen-bond acceptors (Lipinski definition) is 3. The van der Waals surface area contributed by atoms with Crippen molar-refractivity contribution in [2.75, 3.05) is 6.54 Å². The van der Waals surface area contributed by atoms with Gasteiger partial charge < -0.3 is 9.67 Å². The zero-order chi connectivity index (χ0) is 16.8. The predicted molar refractivity (Wildman–Crippen MR) is 84.9 cm³/mol. The molecule has 0 saturated carbocycles. The van der Waals surface area contributed by atoms with Gasteiger partial charge in [-0.2, -0.15) is 4.31 Å². The first-order valence-electron chi connectivity index (χ1n) is 7.28. The smallest absolute Gasteiger partial charge is 0.352 e. The summed E-state index contributed by atoms with van der Waals surface area (Å²) in [5.41, 5.74) is 2.83. The summed E-state index contributed by atoms with van der Waals surface area (Å²) < 4.78 is 28.5. The number of carbonyl (C=O) groups is 1. The van der Waals surface area contributed by atoms with E-state index in [4.69, 9.17) is 0 Å². The quantitative estimate of drug-likeness (QED) is 0.928. The summed E-state index contributed by atoms with van der Waals surface area (Å²) >= 11 is 0. The van der Waals surface area contributed by atoms with Crippen LogP contribution in [0.25, 0.3) is 0 Å². The molecule has 0 radical (unpaired) electrons. The summed E-state index contributed by atoms with van der Waals surface area (Å²) in [6.07, 6.45) is 0.504. The molecule has 0 bridgehead atoms. The number of carboxylic acid groups (broad SMARTS) is 1. The average molecular weight is 334 g/mol. The third kappa shape index (κ3) is 2.66. The van der Waals surface area contributed by atoms with Gasteiger partial charge in [-0.3, -0.25) is 0 Å². The van der Waals surface area contributed by atoms with E-state index in [0.29, 0.717) is 13.0 Å². The van der Waals surface area contributed by atoms with Gasteiger partial charge in [0.15, 0.2) is 0 Å². The number of aromatic carboxylic acids is 1. The third-order valence-electron chi connectivity index (χ3n) is 4.27. The van der Waals surface area contributed by atoms with Crippen LogP contribution in [-0.4, -0.2) is 34.9 Å².